The van der Waals surface area contributed by atoms with E-state index in [-0.39, 0.29) is 11.8 Å². The van der Waals surface area contributed by atoms with Gasteiger partial charge in [0.1, 0.15) is 0 Å². The maximum Gasteiger partial charge on any atom is 0.235 e. The fourth-order valence-electron chi connectivity index (χ4n) is 2.34. The molecule has 106 valence electrons. The highest BCUT2D eigenvalue weighted by atomic mass is 32.2. The zero-order valence-electron chi connectivity index (χ0n) is 11.5. The van der Waals surface area contributed by atoms with Gasteiger partial charge in [-0.25, -0.2) is 8.42 Å². The number of para-hydroxylation sites is 1. The number of fused-ring (bicyclic) bond motifs is 1. The first kappa shape index (κ1) is 14.3. The first-order valence-electron chi connectivity index (χ1n) is 6.74. The van der Waals surface area contributed by atoms with Crippen LogP contribution >= 0.6 is 0 Å². The molecule has 0 aliphatic carbocycles. The second-order valence-electron chi connectivity index (χ2n) is 5.62. The summed E-state index contributed by atoms with van der Waals surface area (Å²) in [6.45, 7) is 4.45. The number of anilines is 1. The Hall–Kier alpha value is -1.07. The second kappa shape index (κ2) is 5.51. The average Bonchev–Trinajstić information content (AvgIpc) is 2.35. The van der Waals surface area contributed by atoms with Crippen LogP contribution in [0.1, 0.15) is 25.8 Å². The minimum Gasteiger partial charge on any atom is -0.326 e. The highest BCUT2D eigenvalue weighted by Gasteiger charge is 2.30. The van der Waals surface area contributed by atoms with Crippen LogP contribution in [-0.4, -0.2) is 26.8 Å². The maximum atomic E-state index is 12.5. The van der Waals surface area contributed by atoms with Crippen LogP contribution in [-0.2, 0) is 16.4 Å². The highest BCUT2D eigenvalue weighted by Crippen LogP contribution is 2.29. The van der Waals surface area contributed by atoms with Crippen molar-refractivity contribution in [3.05, 3.63) is 29.8 Å². The number of nitrogens with zero attached hydrogens (tertiary/aromatic N) is 1. The third-order valence-electron chi connectivity index (χ3n) is 3.43. The quantitative estimate of drug-likeness (QED) is 0.915. The van der Waals surface area contributed by atoms with Crippen LogP contribution in [0.4, 0.5) is 5.69 Å². The van der Waals surface area contributed by atoms with E-state index in [0.29, 0.717) is 18.9 Å². The lowest BCUT2D eigenvalue weighted by Gasteiger charge is -2.33. The van der Waals surface area contributed by atoms with Crippen LogP contribution in [0, 0.1) is 5.92 Å². The van der Waals surface area contributed by atoms with Gasteiger partial charge in [-0.15, -0.1) is 0 Å². The van der Waals surface area contributed by atoms with Gasteiger partial charge in [0.15, 0.2) is 0 Å². The Kier molecular flexibility index (Phi) is 4.16. The molecule has 1 unspecified atom stereocenters. The van der Waals surface area contributed by atoms with Gasteiger partial charge in [-0.05, 0) is 30.4 Å². The minimum absolute atomic E-state index is 0.122. The summed E-state index contributed by atoms with van der Waals surface area (Å²) < 4.78 is 26.4. The van der Waals surface area contributed by atoms with Crippen LogP contribution in [0.2, 0.25) is 0 Å². The van der Waals surface area contributed by atoms with Crippen molar-refractivity contribution >= 4 is 15.7 Å². The Morgan fingerprint density at radius 1 is 1.37 bits per heavy atom. The molecule has 1 atom stereocenters. The molecular weight excluding hydrogens is 260 g/mol. The molecule has 2 N–H and O–H groups in total. The summed E-state index contributed by atoms with van der Waals surface area (Å²) in [5.41, 5.74) is 7.81. The van der Waals surface area contributed by atoms with E-state index >= 15 is 0 Å². The number of sulfonamides is 1. The number of nitrogens with two attached hydrogens (primary N) is 1. The third-order valence-corrected chi connectivity index (χ3v) is 5.20. The van der Waals surface area contributed by atoms with Crippen LogP contribution < -0.4 is 10.0 Å². The SMILES string of the molecule is CC(C)CCS(=O)(=O)N1CC(N)Cc2ccccc21. The van der Waals surface area contributed by atoms with Crippen molar-refractivity contribution in [2.45, 2.75) is 32.7 Å². The van der Waals surface area contributed by atoms with Crippen molar-refractivity contribution in [3.8, 4) is 0 Å². The molecule has 1 aromatic carbocycles. The molecule has 1 aromatic rings. The molecule has 0 fully saturated rings. The zero-order chi connectivity index (χ0) is 14.0. The van der Waals surface area contributed by atoms with E-state index in [1.165, 1.54) is 4.31 Å². The molecule has 0 aromatic heterocycles. The Morgan fingerprint density at radius 3 is 2.74 bits per heavy atom. The van der Waals surface area contributed by atoms with E-state index in [1.807, 2.05) is 38.1 Å². The molecule has 5 heteroatoms. The Bertz CT molecular complexity index is 540. The van der Waals surface area contributed by atoms with Crippen LogP contribution in [0.5, 0.6) is 0 Å². The van der Waals surface area contributed by atoms with Gasteiger partial charge in [0.2, 0.25) is 10.0 Å². The Balaban J connectivity index is 2.29. The summed E-state index contributed by atoms with van der Waals surface area (Å²) in [6, 6.07) is 7.51. The van der Waals surface area contributed by atoms with Crippen LogP contribution in [0.3, 0.4) is 0 Å². The van der Waals surface area contributed by atoms with Crippen molar-refractivity contribution in [3.63, 3.8) is 0 Å². The lowest BCUT2D eigenvalue weighted by molar-refractivity contribution is 0.559. The van der Waals surface area contributed by atoms with Crippen molar-refractivity contribution in [2.24, 2.45) is 11.7 Å². The predicted molar refractivity (Wildman–Crippen MR) is 78.7 cm³/mol. The molecule has 0 saturated heterocycles. The second-order valence-corrected chi connectivity index (χ2v) is 7.64. The summed E-state index contributed by atoms with van der Waals surface area (Å²) in [7, 11) is -3.27. The van der Waals surface area contributed by atoms with Gasteiger partial charge in [0.25, 0.3) is 0 Å². The van der Waals surface area contributed by atoms with E-state index in [9.17, 15) is 8.42 Å². The zero-order valence-corrected chi connectivity index (χ0v) is 12.4. The number of rotatable bonds is 4. The Labute approximate surface area is 115 Å². The summed E-state index contributed by atoms with van der Waals surface area (Å²) in [4.78, 5) is 0. The van der Waals surface area contributed by atoms with Crippen molar-refractivity contribution in [1.29, 1.82) is 0 Å². The number of hydrogen-bond acceptors (Lipinski definition) is 3. The standard InChI is InChI=1S/C14H22N2O2S/c1-11(2)7-8-19(17,18)16-10-13(15)9-12-5-3-4-6-14(12)16/h3-6,11,13H,7-10,15H2,1-2H3. The van der Waals surface area contributed by atoms with Crippen molar-refractivity contribution in [1.82, 2.24) is 0 Å². The van der Waals surface area contributed by atoms with Crippen LogP contribution in [0.15, 0.2) is 24.3 Å². The van der Waals surface area contributed by atoms with Gasteiger partial charge in [-0.2, -0.15) is 0 Å². The lowest BCUT2D eigenvalue weighted by Crippen LogP contribution is -2.47. The van der Waals surface area contributed by atoms with E-state index in [0.717, 1.165) is 17.7 Å². The smallest absolute Gasteiger partial charge is 0.235 e. The van der Waals surface area contributed by atoms with Crippen molar-refractivity contribution in [2.75, 3.05) is 16.6 Å². The van der Waals surface area contributed by atoms with Crippen LogP contribution in [0.25, 0.3) is 0 Å². The molecule has 1 aliphatic heterocycles. The first-order valence-corrected chi connectivity index (χ1v) is 8.35. The molecule has 1 heterocycles. The molecule has 0 bridgehead atoms. The molecule has 0 spiro atoms. The Morgan fingerprint density at radius 2 is 2.05 bits per heavy atom. The van der Waals surface area contributed by atoms with Gasteiger partial charge in [-0.3, -0.25) is 4.31 Å². The lowest BCUT2D eigenvalue weighted by atomic mass is 10.0. The largest absolute Gasteiger partial charge is 0.326 e. The predicted octanol–water partition coefficient (Wildman–Crippen LogP) is 1.75. The molecular formula is C14H22N2O2S. The van der Waals surface area contributed by atoms with Gasteiger partial charge >= 0.3 is 0 Å². The monoisotopic (exact) mass is 282 g/mol. The maximum absolute atomic E-state index is 12.5. The van der Waals surface area contributed by atoms with Gasteiger partial charge in [0, 0.05) is 12.6 Å². The minimum atomic E-state index is -3.27. The fraction of sp³-hybridized carbons (Fsp3) is 0.571. The molecule has 0 amide bonds. The van der Waals surface area contributed by atoms with Gasteiger partial charge < -0.3 is 5.73 Å². The summed E-state index contributed by atoms with van der Waals surface area (Å²) in [5.74, 6) is 0.564. The van der Waals surface area contributed by atoms with E-state index in [4.69, 9.17) is 5.73 Å². The van der Waals surface area contributed by atoms with E-state index in [2.05, 4.69) is 0 Å². The summed E-state index contributed by atoms with van der Waals surface area (Å²) in [5, 5.41) is 0. The number of hydrogen-bond donors (Lipinski definition) is 1. The van der Waals surface area contributed by atoms with Gasteiger partial charge in [-0.1, -0.05) is 32.0 Å². The molecule has 19 heavy (non-hydrogen) atoms. The molecule has 1 aliphatic rings. The topological polar surface area (TPSA) is 63.4 Å². The molecule has 0 radical (unpaired) electrons. The van der Waals surface area contributed by atoms with E-state index < -0.39 is 10.0 Å². The number of benzene rings is 1. The summed E-state index contributed by atoms with van der Waals surface area (Å²) in [6.07, 6.45) is 1.42. The molecule has 4 nitrogen and oxygen atoms in total. The molecule has 0 saturated carbocycles. The van der Waals surface area contributed by atoms with Crippen molar-refractivity contribution < 1.29 is 8.42 Å². The highest BCUT2D eigenvalue weighted by molar-refractivity contribution is 7.92. The van der Waals surface area contributed by atoms with Gasteiger partial charge in [0.05, 0.1) is 11.4 Å². The fourth-order valence-corrected chi connectivity index (χ4v) is 4.23. The third kappa shape index (κ3) is 3.28. The normalized spacial score (nSPS) is 19.6. The molecule has 2 rings (SSSR count). The first-order chi connectivity index (χ1) is 8.90. The summed E-state index contributed by atoms with van der Waals surface area (Å²) >= 11 is 0. The average molecular weight is 282 g/mol. The van der Waals surface area contributed by atoms with E-state index in [1.54, 1.807) is 0 Å².